The first-order valence-corrected chi connectivity index (χ1v) is 16.6. The number of nitrogens with zero attached hydrogens (tertiary/aromatic N) is 1. The molecule has 1 aliphatic carbocycles. The largest absolute Gasteiger partial charge is 0.508 e. The number of hydrogen-bond donors (Lipinski definition) is 1. The summed E-state index contributed by atoms with van der Waals surface area (Å²) < 4.78 is 89.3. The molecule has 3 rings (SSSR count). The van der Waals surface area contributed by atoms with Crippen molar-refractivity contribution >= 4 is 21.0 Å². The maximum Gasteiger partial charge on any atom is 0.389 e. The van der Waals surface area contributed by atoms with Gasteiger partial charge in [0.15, 0.2) is 0 Å². The predicted octanol–water partition coefficient (Wildman–Crippen LogP) is 8.34. The summed E-state index contributed by atoms with van der Waals surface area (Å²) in [5.41, 5.74) is 4.42. The maximum atomic E-state index is 14.8. The van der Waals surface area contributed by atoms with Gasteiger partial charge in [-0.3, -0.25) is 0 Å². The first kappa shape index (κ1) is 34.0. The minimum atomic E-state index is -4.25. The number of aryl methyl sites for hydroxylation is 1. The van der Waals surface area contributed by atoms with Gasteiger partial charge in [-0.1, -0.05) is 18.9 Å². The van der Waals surface area contributed by atoms with Gasteiger partial charge in [0.2, 0.25) is 0 Å². The van der Waals surface area contributed by atoms with E-state index in [4.69, 9.17) is 0 Å². The molecule has 0 bridgehead atoms. The fourth-order valence-electron chi connectivity index (χ4n) is 5.62. The Morgan fingerprint density at radius 1 is 0.833 bits per heavy atom. The zero-order valence-corrected chi connectivity index (χ0v) is 25.1. The monoisotopic (exact) mass is 615 g/mol. The summed E-state index contributed by atoms with van der Waals surface area (Å²) in [7, 11) is -1.42. The molecule has 42 heavy (non-hydrogen) atoms. The number of phenolic OH excluding ortho intramolecular Hbond substituents is 1. The average Bonchev–Trinajstić information content (AvgIpc) is 3.07. The first-order valence-electron chi connectivity index (χ1n) is 14.8. The van der Waals surface area contributed by atoms with Gasteiger partial charge >= 0.3 is 6.18 Å². The Morgan fingerprint density at radius 2 is 1.52 bits per heavy atom. The van der Waals surface area contributed by atoms with Crippen molar-refractivity contribution in [2.45, 2.75) is 83.2 Å². The van der Waals surface area contributed by atoms with Crippen LogP contribution in [0.15, 0.2) is 36.4 Å². The van der Waals surface area contributed by atoms with Gasteiger partial charge < -0.3 is 10.0 Å². The van der Waals surface area contributed by atoms with Gasteiger partial charge in [0.05, 0.1) is 11.5 Å². The number of hydrogen-bond acceptors (Lipinski definition) is 4. The van der Waals surface area contributed by atoms with Crippen LogP contribution in [0.4, 0.5) is 22.0 Å². The molecule has 4 nitrogen and oxygen atoms in total. The lowest BCUT2D eigenvalue weighted by Gasteiger charge is -2.18. The number of benzene rings is 2. The third-order valence-corrected chi connectivity index (χ3v) is 9.61. The highest BCUT2D eigenvalue weighted by Gasteiger charge is 2.26. The number of allylic oxidation sites excluding steroid dienone is 2. The van der Waals surface area contributed by atoms with E-state index in [9.17, 15) is 35.5 Å². The van der Waals surface area contributed by atoms with E-state index in [-0.39, 0.29) is 30.1 Å². The first-order chi connectivity index (χ1) is 19.8. The van der Waals surface area contributed by atoms with Crippen molar-refractivity contribution in [1.29, 1.82) is 0 Å². The highest BCUT2D eigenvalue weighted by Crippen LogP contribution is 2.40. The van der Waals surface area contributed by atoms with Gasteiger partial charge in [0.25, 0.3) is 0 Å². The number of unbranched alkanes of at least 4 members (excludes halogenated alkanes) is 4. The molecule has 234 valence electrons. The summed E-state index contributed by atoms with van der Waals surface area (Å²) in [6.45, 7) is 1.41. The topological polar surface area (TPSA) is 57.6 Å². The Kier molecular flexibility index (Phi) is 12.8. The lowest BCUT2D eigenvalue weighted by Crippen LogP contribution is -2.23. The molecule has 0 amide bonds. The normalized spacial score (nSPS) is 14.4. The zero-order chi connectivity index (χ0) is 30.8. The number of aromatic hydroxyl groups is 1. The Morgan fingerprint density at radius 3 is 2.26 bits per heavy atom. The summed E-state index contributed by atoms with van der Waals surface area (Å²) >= 11 is 0. The summed E-state index contributed by atoms with van der Waals surface area (Å²) in [4.78, 5) is 2.07. The number of alkyl halides is 3. The van der Waals surface area contributed by atoms with Crippen molar-refractivity contribution in [2.75, 3.05) is 31.6 Å². The Balaban J connectivity index is 1.46. The van der Waals surface area contributed by atoms with Crippen molar-refractivity contribution in [3.05, 3.63) is 64.7 Å². The number of fused-ring (bicyclic) bond motifs is 1. The molecule has 0 heterocycles. The Bertz CT molecular complexity index is 1310. The van der Waals surface area contributed by atoms with E-state index >= 15 is 0 Å². The van der Waals surface area contributed by atoms with Crippen molar-refractivity contribution < 1.29 is 35.5 Å². The minimum Gasteiger partial charge on any atom is -0.508 e. The second kappa shape index (κ2) is 15.8. The smallest absolute Gasteiger partial charge is 0.389 e. The van der Waals surface area contributed by atoms with E-state index in [1.54, 1.807) is 12.1 Å². The van der Waals surface area contributed by atoms with Crippen LogP contribution in [0, 0.1) is 11.6 Å². The molecule has 0 unspecified atom stereocenters. The van der Waals surface area contributed by atoms with Gasteiger partial charge in [-0.15, -0.1) is 0 Å². The maximum absolute atomic E-state index is 14.8. The fraction of sp³-hybridized carbons (Fsp3) is 0.562. The quantitative estimate of drug-likeness (QED) is 0.152. The molecule has 10 heteroatoms. The van der Waals surface area contributed by atoms with Crippen LogP contribution in [0.1, 0.15) is 87.3 Å². The predicted molar refractivity (Wildman–Crippen MR) is 158 cm³/mol. The molecule has 0 saturated heterocycles. The van der Waals surface area contributed by atoms with Crippen molar-refractivity contribution in [2.24, 2.45) is 0 Å². The van der Waals surface area contributed by atoms with Gasteiger partial charge in [-0.05, 0) is 124 Å². The van der Waals surface area contributed by atoms with E-state index in [2.05, 4.69) is 4.90 Å². The number of sulfone groups is 1. The van der Waals surface area contributed by atoms with Crippen molar-refractivity contribution in [1.82, 2.24) is 4.90 Å². The molecule has 0 aliphatic heterocycles. The van der Waals surface area contributed by atoms with Gasteiger partial charge in [0, 0.05) is 18.1 Å². The number of halogens is 5. The second-order valence-corrected chi connectivity index (χ2v) is 13.6. The van der Waals surface area contributed by atoms with E-state index in [0.717, 1.165) is 79.8 Å². The fourth-order valence-corrected chi connectivity index (χ4v) is 7.04. The lowest BCUT2D eigenvalue weighted by atomic mass is 9.88. The summed E-state index contributed by atoms with van der Waals surface area (Å²) in [6, 6.07) is 9.04. The molecular formula is C32H42F5NO3S. The Labute approximate surface area is 246 Å². The second-order valence-electron chi connectivity index (χ2n) is 11.3. The molecule has 2 aromatic rings. The van der Waals surface area contributed by atoms with Crippen molar-refractivity contribution in [3.63, 3.8) is 0 Å². The van der Waals surface area contributed by atoms with Crippen LogP contribution in [0.2, 0.25) is 0 Å². The Hall–Kier alpha value is -2.46. The van der Waals surface area contributed by atoms with Crippen LogP contribution >= 0.6 is 0 Å². The highest BCUT2D eigenvalue weighted by atomic mass is 32.2. The van der Waals surface area contributed by atoms with Gasteiger partial charge in [-0.25, -0.2) is 17.2 Å². The van der Waals surface area contributed by atoms with Crippen LogP contribution in [0.3, 0.4) is 0 Å². The van der Waals surface area contributed by atoms with Gasteiger partial charge in [0.1, 0.15) is 27.2 Å². The van der Waals surface area contributed by atoms with E-state index < -0.39 is 34.1 Å². The van der Waals surface area contributed by atoms with Crippen LogP contribution in [0.25, 0.3) is 11.1 Å². The molecule has 0 aromatic heterocycles. The molecule has 1 N–H and O–H groups in total. The summed E-state index contributed by atoms with van der Waals surface area (Å²) in [6.07, 6.45) is 1.84. The molecule has 0 fully saturated rings. The van der Waals surface area contributed by atoms with Crippen LogP contribution in [-0.2, 0) is 16.3 Å². The van der Waals surface area contributed by atoms with Crippen molar-refractivity contribution in [3.8, 4) is 5.75 Å². The van der Waals surface area contributed by atoms with Gasteiger partial charge in [-0.2, -0.15) is 13.2 Å². The molecular weight excluding hydrogens is 573 g/mol. The molecule has 2 aromatic carbocycles. The summed E-state index contributed by atoms with van der Waals surface area (Å²) in [5, 5.41) is 10.0. The van der Waals surface area contributed by atoms with E-state index in [1.807, 2.05) is 13.1 Å². The van der Waals surface area contributed by atoms with Crippen LogP contribution < -0.4 is 0 Å². The molecule has 0 atom stereocenters. The van der Waals surface area contributed by atoms with Crippen LogP contribution in [-0.4, -0.2) is 56.2 Å². The minimum absolute atomic E-state index is 0.0191. The SMILES string of the molecule is CN(CCCCCCC1=C(c2ccc(F)cc2F)CCCc2cc(O)ccc21)CCCS(=O)(=O)CCCCC(F)(F)F. The average molecular weight is 616 g/mol. The summed E-state index contributed by atoms with van der Waals surface area (Å²) in [5.74, 6) is -1.20. The standard InChI is InChI=1S/C32H42F5NO3S/c1-38(19-9-21-42(40,41)20-7-5-17-32(35,36)37)18-6-3-2-4-11-28-27-16-14-26(39)22-24(27)10-8-12-29(28)30-15-13-25(33)23-31(30)34/h13-16,22-23,39H,2-12,17-21H2,1H3. The molecule has 0 saturated carbocycles. The molecule has 0 spiro atoms. The number of phenols is 1. The van der Waals surface area contributed by atoms with Crippen LogP contribution in [0.5, 0.6) is 5.75 Å². The molecule has 1 aliphatic rings. The molecule has 0 radical (unpaired) electrons. The third-order valence-electron chi connectivity index (χ3n) is 7.78. The number of rotatable bonds is 16. The highest BCUT2D eigenvalue weighted by molar-refractivity contribution is 7.91. The lowest BCUT2D eigenvalue weighted by molar-refractivity contribution is -0.135. The zero-order valence-electron chi connectivity index (χ0n) is 24.3. The third kappa shape index (κ3) is 11.3. The van der Waals surface area contributed by atoms with E-state index in [1.165, 1.54) is 12.1 Å². The van der Waals surface area contributed by atoms with E-state index in [0.29, 0.717) is 24.9 Å².